The standard InChI is InChI=1S/C15H21ClN2O2/c1-12-11-13(4-5-14(12)16)20-10-2-3-15(19)18-8-6-17-7-9-18/h4-5,11,17H,2-3,6-10H2,1H3. The van der Waals surface area contributed by atoms with Crippen LogP contribution >= 0.6 is 11.6 Å². The lowest BCUT2D eigenvalue weighted by atomic mass is 10.2. The molecule has 1 aliphatic rings. The minimum absolute atomic E-state index is 0.224. The molecule has 0 aliphatic carbocycles. The molecule has 1 heterocycles. The lowest BCUT2D eigenvalue weighted by molar-refractivity contribution is -0.132. The molecule has 5 heteroatoms. The second-order valence-electron chi connectivity index (χ2n) is 4.99. The number of halogens is 1. The van der Waals surface area contributed by atoms with Crippen LogP contribution < -0.4 is 10.1 Å². The molecule has 1 aromatic rings. The topological polar surface area (TPSA) is 41.6 Å². The van der Waals surface area contributed by atoms with Crippen LogP contribution in [0.3, 0.4) is 0 Å². The van der Waals surface area contributed by atoms with Gasteiger partial charge in [-0.25, -0.2) is 0 Å². The molecule has 20 heavy (non-hydrogen) atoms. The van der Waals surface area contributed by atoms with Crippen LogP contribution in [0, 0.1) is 6.92 Å². The molecule has 0 spiro atoms. The van der Waals surface area contributed by atoms with E-state index in [0.717, 1.165) is 48.9 Å². The van der Waals surface area contributed by atoms with Crippen molar-refractivity contribution in [2.24, 2.45) is 0 Å². The fourth-order valence-electron chi connectivity index (χ4n) is 2.19. The number of carbonyl (C=O) groups is 1. The lowest BCUT2D eigenvalue weighted by Crippen LogP contribution is -2.46. The van der Waals surface area contributed by atoms with Crippen molar-refractivity contribution in [2.45, 2.75) is 19.8 Å². The van der Waals surface area contributed by atoms with Crippen LogP contribution in [0.4, 0.5) is 0 Å². The molecule has 1 saturated heterocycles. The zero-order valence-electron chi connectivity index (χ0n) is 11.8. The summed E-state index contributed by atoms with van der Waals surface area (Å²) in [6.07, 6.45) is 1.29. The first-order chi connectivity index (χ1) is 9.66. The monoisotopic (exact) mass is 296 g/mol. The van der Waals surface area contributed by atoms with Gasteiger partial charge in [0.1, 0.15) is 5.75 Å². The van der Waals surface area contributed by atoms with Gasteiger partial charge in [0.05, 0.1) is 6.61 Å². The number of carbonyl (C=O) groups excluding carboxylic acids is 1. The van der Waals surface area contributed by atoms with Crippen molar-refractivity contribution in [3.8, 4) is 5.75 Å². The number of hydrogen-bond donors (Lipinski definition) is 1. The van der Waals surface area contributed by atoms with Crippen molar-refractivity contribution in [1.29, 1.82) is 0 Å². The van der Waals surface area contributed by atoms with Crippen LogP contribution in [-0.2, 0) is 4.79 Å². The van der Waals surface area contributed by atoms with Crippen LogP contribution in [0.2, 0.25) is 5.02 Å². The zero-order valence-corrected chi connectivity index (χ0v) is 12.6. The first-order valence-electron chi connectivity index (χ1n) is 7.04. The SMILES string of the molecule is Cc1cc(OCCCC(=O)N2CCNCC2)ccc1Cl. The van der Waals surface area contributed by atoms with Gasteiger partial charge < -0.3 is 15.0 Å². The van der Waals surface area contributed by atoms with Crippen molar-refractivity contribution >= 4 is 17.5 Å². The summed E-state index contributed by atoms with van der Waals surface area (Å²) in [6.45, 7) is 5.92. The third-order valence-electron chi connectivity index (χ3n) is 3.40. The highest BCUT2D eigenvalue weighted by Gasteiger charge is 2.15. The number of piperazine rings is 1. The second-order valence-corrected chi connectivity index (χ2v) is 5.40. The van der Waals surface area contributed by atoms with E-state index in [0.29, 0.717) is 13.0 Å². The van der Waals surface area contributed by atoms with Crippen LogP contribution in [0.15, 0.2) is 18.2 Å². The molecule has 1 N–H and O–H groups in total. The minimum Gasteiger partial charge on any atom is -0.494 e. The molecule has 2 rings (SSSR count). The minimum atomic E-state index is 0.224. The van der Waals surface area contributed by atoms with Crippen LogP contribution in [-0.4, -0.2) is 43.6 Å². The molecule has 0 radical (unpaired) electrons. The average molecular weight is 297 g/mol. The Balaban J connectivity index is 1.68. The quantitative estimate of drug-likeness (QED) is 0.847. The number of nitrogens with one attached hydrogen (secondary N) is 1. The molecule has 1 amide bonds. The van der Waals surface area contributed by atoms with E-state index in [4.69, 9.17) is 16.3 Å². The summed E-state index contributed by atoms with van der Waals surface area (Å²) < 4.78 is 5.64. The van der Waals surface area contributed by atoms with Gasteiger partial charge in [0.15, 0.2) is 0 Å². The fraction of sp³-hybridized carbons (Fsp3) is 0.533. The van der Waals surface area contributed by atoms with E-state index in [9.17, 15) is 4.79 Å². The molecule has 4 nitrogen and oxygen atoms in total. The molecule has 0 saturated carbocycles. The molecule has 110 valence electrons. The summed E-state index contributed by atoms with van der Waals surface area (Å²) in [5.74, 6) is 1.03. The van der Waals surface area contributed by atoms with Gasteiger partial charge in [0, 0.05) is 37.6 Å². The van der Waals surface area contributed by atoms with E-state index in [-0.39, 0.29) is 5.91 Å². The molecule has 1 aromatic carbocycles. The fourth-order valence-corrected chi connectivity index (χ4v) is 2.31. The third-order valence-corrected chi connectivity index (χ3v) is 3.83. The van der Waals surface area contributed by atoms with Gasteiger partial charge in [0.25, 0.3) is 0 Å². The van der Waals surface area contributed by atoms with E-state index in [1.165, 1.54) is 0 Å². The van der Waals surface area contributed by atoms with E-state index in [1.807, 2.05) is 30.0 Å². The van der Waals surface area contributed by atoms with Crippen molar-refractivity contribution < 1.29 is 9.53 Å². The highest BCUT2D eigenvalue weighted by Crippen LogP contribution is 2.21. The summed E-state index contributed by atoms with van der Waals surface area (Å²) in [5.41, 5.74) is 1.00. The summed E-state index contributed by atoms with van der Waals surface area (Å²) in [7, 11) is 0. The van der Waals surface area contributed by atoms with Crippen molar-refractivity contribution in [3.63, 3.8) is 0 Å². The smallest absolute Gasteiger partial charge is 0.222 e. The van der Waals surface area contributed by atoms with Gasteiger partial charge in [-0.05, 0) is 37.1 Å². The number of nitrogens with zero attached hydrogens (tertiary/aromatic N) is 1. The number of benzene rings is 1. The first kappa shape index (κ1) is 15.1. The summed E-state index contributed by atoms with van der Waals surface area (Å²) in [4.78, 5) is 13.9. The van der Waals surface area contributed by atoms with Gasteiger partial charge in [-0.3, -0.25) is 4.79 Å². The van der Waals surface area contributed by atoms with Crippen molar-refractivity contribution in [3.05, 3.63) is 28.8 Å². The Morgan fingerprint density at radius 3 is 2.85 bits per heavy atom. The number of ether oxygens (including phenoxy) is 1. The lowest BCUT2D eigenvalue weighted by Gasteiger charge is -2.27. The Labute approximate surface area is 125 Å². The molecular weight excluding hydrogens is 276 g/mol. The number of rotatable bonds is 5. The maximum absolute atomic E-state index is 11.9. The maximum Gasteiger partial charge on any atom is 0.222 e. The average Bonchev–Trinajstić information content (AvgIpc) is 2.48. The normalized spacial score (nSPS) is 15.2. The van der Waals surface area contributed by atoms with Crippen LogP contribution in [0.1, 0.15) is 18.4 Å². The number of aryl methyl sites for hydroxylation is 1. The van der Waals surface area contributed by atoms with E-state index in [2.05, 4.69) is 5.32 Å². The predicted octanol–water partition coefficient (Wildman–Crippen LogP) is 2.24. The Bertz CT molecular complexity index is 459. The molecule has 1 fully saturated rings. The summed E-state index contributed by atoms with van der Waals surface area (Å²) >= 11 is 5.96. The molecular formula is C15H21ClN2O2. The molecule has 0 aromatic heterocycles. The third kappa shape index (κ3) is 4.39. The van der Waals surface area contributed by atoms with Gasteiger partial charge in [-0.15, -0.1) is 0 Å². The van der Waals surface area contributed by atoms with Gasteiger partial charge in [0.2, 0.25) is 5.91 Å². The number of amides is 1. The highest BCUT2D eigenvalue weighted by molar-refractivity contribution is 6.31. The zero-order chi connectivity index (χ0) is 14.4. The second kappa shape index (κ2) is 7.50. The van der Waals surface area contributed by atoms with Gasteiger partial charge >= 0.3 is 0 Å². The predicted molar refractivity (Wildman–Crippen MR) is 80.4 cm³/mol. The first-order valence-corrected chi connectivity index (χ1v) is 7.42. The van der Waals surface area contributed by atoms with Gasteiger partial charge in [-0.1, -0.05) is 11.6 Å². The maximum atomic E-state index is 11.9. The molecule has 0 unspecified atom stereocenters. The Kier molecular flexibility index (Phi) is 5.68. The van der Waals surface area contributed by atoms with E-state index < -0.39 is 0 Å². The summed E-state index contributed by atoms with van der Waals surface area (Å²) in [6, 6.07) is 5.60. The molecule has 0 bridgehead atoms. The van der Waals surface area contributed by atoms with E-state index >= 15 is 0 Å². The van der Waals surface area contributed by atoms with Gasteiger partial charge in [-0.2, -0.15) is 0 Å². The van der Waals surface area contributed by atoms with Crippen LogP contribution in [0.5, 0.6) is 5.75 Å². The largest absolute Gasteiger partial charge is 0.494 e. The molecule has 0 atom stereocenters. The Morgan fingerprint density at radius 2 is 2.15 bits per heavy atom. The molecule has 1 aliphatic heterocycles. The van der Waals surface area contributed by atoms with Crippen LogP contribution in [0.25, 0.3) is 0 Å². The number of hydrogen-bond acceptors (Lipinski definition) is 3. The van der Waals surface area contributed by atoms with Crippen molar-refractivity contribution in [2.75, 3.05) is 32.8 Å². The highest BCUT2D eigenvalue weighted by atomic mass is 35.5. The van der Waals surface area contributed by atoms with E-state index in [1.54, 1.807) is 0 Å². The van der Waals surface area contributed by atoms with Crippen molar-refractivity contribution in [1.82, 2.24) is 10.2 Å². The summed E-state index contributed by atoms with van der Waals surface area (Å²) in [5, 5.41) is 3.98. The Morgan fingerprint density at radius 1 is 1.40 bits per heavy atom. The Hall–Kier alpha value is -1.26.